The van der Waals surface area contributed by atoms with Gasteiger partial charge in [0, 0.05) is 20.1 Å². The summed E-state index contributed by atoms with van der Waals surface area (Å²) >= 11 is 0. The van der Waals surface area contributed by atoms with E-state index >= 15 is 0 Å². The fourth-order valence-corrected chi connectivity index (χ4v) is 4.70. The Labute approximate surface area is 199 Å². The Kier molecular flexibility index (Phi) is 6.84. The third-order valence-electron chi connectivity index (χ3n) is 6.54. The number of hydrogen-bond donors (Lipinski definition) is 2. The number of piperidine rings is 1. The molecule has 1 saturated heterocycles. The van der Waals surface area contributed by atoms with Crippen LogP contribution in [-0.2, 0) is 13.6 Å². The van der Waals surface area contributed by atoms with Crippen LogP contribution < -0.4 is 20.9 Å². The van der Waals surface area contributed by atoms with Gasteiger partial charge in [-0.25, -0.2) is 4.79 Å². The van der Waals surface area contributed by atoms with E-state index in [1.165, 1.54) is 4.57 Å². The molecule has 1 aliphatic rings. The second kappa shape index (κ2) is 9.66. The molecular weight excluding hydrogens is 434 g/mol. The Balaban J connectivity index is 1.66. The number of aliphatic hydroxyl groups is 1. The fraction of sp³-hybridized carbons (Fsp3) is 0.560. The number of nitrogens with zero attached hydrogens (tertiary/aromatic N) is 4. The van der Waals surface area contributed by atoms with Crippen LogP contribution in [-0.4, -0.2) is 50.0 Å². The van der Waals surface area contributed by atoms with Gasteiger partial charge in [0.1, 0.15) is 18.5 Å². The number of ether oxygens (including phenoxy) is 1. The standard InChI is InChI=1S/C25H35N5O4/c1-15(2)19-9-8-16(3)11-20(19)34-14-18(31)13-30-21-22(28(5)25(33)27-23(21)32)26-24(30)29-10-6-7-17(4)12-29/h8-9,11,15,17-18,31H,6-7,10,12-14H2,1-5H3,(H,27,32,33). The normalized spacial score (nSPS) is 17.5. The molecule has 9 nitrogen and oxygen atoms in total. The van der Waals surface area contributed by atoms with E-state index in [0.717, 1.165) is 42.8 Å². The first-order valence-corrected chi connectivity index (χ1v) is 12.0. The zero-order chi connectivity index (χ0) is 24.6. The maximum Gasteiger partial charge on any atom is 0.329 e. The molecule has 2 unspecified atom stereocenters. The van der Waals surface area contributed by atoms with E-state index in [1.807, 2.05) is 13.0 Å². The van der Waals surface area contributed by atoms with E-state index in [0.29, 0.717) is 17.5 Å². The molecule has 1 fully saturated rings. The number of aromatic amines is 1. The summed E-state index contributed by atoms with van der Waals surface area (Å²) in [5.41, 5.74) is 1.76. The SMILES string of the molecule is Cc1ccc(C(C)C)c(OCC(O)Cn2c(N3CCCC(C)C3)nc3c2c(=O)[nH]c(=O)n3C)c1. The summed E-state index contributed by atoms with van der Waals surface area (Å²) in [4.78, 5) is 34.2. The smallest absolute Gasteiger partial charge is 0.329 e. The number of nitrogens with one attached hydrogen (secondary N) is 1. The van der Waals surface area contributed by atoms with Gasteiger partial charge >= 0.3 is 5.69 Å². The minimum Gasteiger partial charge on any atom is -0.491 e. The summed E-state index contributed by atoms with van der Waals surface area (Å²) in [5.74, 6) is 2.15. The second-order valence-electron chi connectivity index (χ2n) is 9.87. The first kappa shape index (κ1) is 24.1. The Morgan fingerprint density at radius 1 is 1.29 bits per heavy atom. The quantitative estimate of drug-likeness (QED) is 0.551. The monoisotopic (exact) mass is 469 g/mol. The second-order valence-corrected chi connectivity index (χ2v) is 9.87. The lowest BCUT2D eigenvalue weighted by atomic mass is 10.0. The number of hydrogen-bond acceptors (Lipinski definition) is 6. The third kappa shape index (κ3) is 4.75. The van der Waals surface area contributed by atoms with Gasteiger partial charge in [-0.05, 0) is 48.8 Å². The van der Waals surface area contributed by atoms with Crippen molar-refractivity contribution in [2.24, 2.45) is 13.0 Å². The highest BCUT2D eigenvalue weighted by Crippen LogP contribution is 2.28. The van der Waals surface area contributed by atoms with Crippen molar-refractivity contribution >= 4 is 17.1 Å². The minimum absolute atomic E-state index is 0.0718. The molecule has 0 bridgehead atoms. The zero-order valence-electron chi connectivity index (χ0n) is 20.7. The van der Waals surface area contributed by atoms with Crippen molar-refractivity contribution in [3.63, 3.8) is 0 Å². The van der Waals surface area contributed by atoms with E-state index < -0.39 is 17.4 Å². The Morgan fingerprint density at radius 2 is 2.06 bits per heavy atom. The first-order valence-electron chi connectivity index (χ1n) is 12.0. The number of H-pyrrole nitrogens is 1. The number of aromatic nitrogens is 4. The van der Waals surface area contributed by atoms with Crippen molar-refractivity contribution in [3.05, 3.63) is 50.2 Å². The number of benzene rings is 1. The van der Waals surface area contributed by atoms with Gasteiger partial charge in [0.25, 0.3) is 5.56 Å². The maximum atomic E-state index is 12.8. The number of fused-ring (bicyclic) bond motifs is 1. The van der Waals surface area contributed by atoms with Crippen LogP contribution in [0.2, 0.25) is 0 Å². The van der Waals surface area contributed by atoms with Gasteiger partial charge in [0.05, 0.1) is 6.54 Å². The van der Waals surface area contributed by atoms with Gasteiger partial charge in [-0.3, -0.25) is 14.3 Å². The predicted molar refractivity (Wildman–Crippen MR) is 133 cm³/mol. The first-order chi connectivity index (χ1) is 16.2. The highest BCUT2D eigenvalue weighted by atomic mass is 16.5. The highest BCUT2D eigenvalue weighted by molar-refractivity contribution is 5.74. The lowest BCUT2D eigenvalue weighted by Gasteiger charge is -2.32. The van der Waals surface area contributed by atoms with Gasteiger partial charge in [-0.1, -0.05) is 32.9 Å². The molecule has 9 heteroatoms. The van der Waals surface area contributed by atoms with Crippen LogP contribution in [0.3, 0.4) is 0 Å². The van der Waals surface area contributed by atoms with Crippen molar-refractivity contribution in [1.29, 1.82) is 0 Å². The van der Waals surface area contributed by atoms with Crippen LogP contribution in [0.25, 0.3) is 11.2 Å². The van der Waals surface area contributed by atoms with E-state index in [1.54, 1.807) is 11.6 Å². The van der Waals surface area contributed by atoms with Crippen LogP contribution in [0.1, 0.15) is 50.7 Å². The Bertz CT molecular complexity index is 1290. The van der Waals surface area contributed by atoms with E-state index in [-0.39, 0.29) is 24.6 Å². The molecule has 2 atom stereocenters. The van der Waals surface area contributed by atoms with Gasteiger partial charge in [0.2, 0.25) is 5.95 Å². The van der Waals surface area contributed by atoms with E-state index in [4.69, 9.17) is 9.72 Å². The highest BCUT2D eigenvalue weighted by Gasteiger charge is 2.26. The van der Waals surface area contributed by atoms with Crippen LogP contribution >= 0.6 is 0 Å². The molecule has 184 valence electrons. The molecule has 3 heterocycles. The summed E-state index contributed by atoms with van der Waals surface area (Å²) in [6.45, 7) is 10.2. The number of aliphatic hydroxyl groups excluding tert-OH is 1. The fourth-order valence-electron chi connectivity index (χ4n) is 4.70. The number of imidazole rings is 1. The number of anilines is 1. The summed E-state index contributed by atoms with van der Waals surface area (Å²) in [6, 6.07) is 6.09. The predicted octanol–water partition coefficient (Wildman–Crippen LogP) is 2.53. The molecule has 4 rings (SSSR count). The molecule has 0 radical (unpaired) electrons. The zero-order valence-corrected chi connectivity index (χ0v) is 20.7. The van der Waals surface area contributed by atoms with Crippen molar-refractivity contribution in [2.75, 3.05) is 24.6 Å². The van der Waals surface area contributed by atoms with Crippen LogP contribution in [0.5, 0.6) is 5.75 Å². The average Bonchev–Trinajstić information content (AvgIpc) is 3.15. The number of aryl methyl sites for hydroxylation is 2. The van der Waals surface area contributed by atoms with Crippen molar-refractivity contribution < 1.29 is 9.84 Å². The molecule has 2 N–H and O–H groups in total. The summed E-state index contributed by atoms with van der Waals surface area (Å²) < 4.78 is 9.12. The molecule has 1 aromatic carbocycles. The lowest BCUT2D eigenvalue weighted by molar-refractivity contribution is 0.0929. The molecule has 1 aliphatic heterocycles. The Morgan fingerprint density at radius 3 is 2.76 bits per heavy atom. The lowest BCUT2D eigenvalue weighted by Crippen LogP contribution is -2.37. The molecule has 0 saturated carbocycles. The molecule has 2 aromatic heterocycles. The molecule has 0 spiro atoms. The van der Waals surface area contributed by atoms with Gasteiger partial charge in [-0.2, -0.15) is 4.98 Å². The van der Waals surface area contributed by atoms with Gasteiger partial charge < -0.3 is 19.3 Å². The molecule has 3 aromatic rings. The van der Waals surface area contributed by atoms with Crippen LogP contribution in [0, 0.1) is 12.8 Å². The summed E-state index contributed by atoms with van der Waals surface area (Å²) in [6.07, 6.45) is 1.29. The molecule has 0 amide bonds. The van der Waals surface area contributed by atoms with Crippen LogP contribution in [0.15, 0.2) is 27.8 Å². The minimum atomic E-state index is -0.879. The topological polar surface area (TPSA) is 105 Å². The maximum absolute atomic E-state index is 12.8. The average molecular weight is 470 g/mol. The summed E-state index contributed by atoms with van der Waals surface area (Å²) in [5, 5.41) is 11.0. The van der Waals surface area contributed by atoms with Gasteiger partial charge in [0.15, 0.2) is 11.2 Å². The number of rotatable bonds is 7. The third-order valence-corrected chi connectivity index (χ3v) is 6.54. The van der Waals surface area contributed by atoms with Crippen molar-refractivity contribution in [3.8, 4) is 5.75 Å². The van der Waals surface area contributed by atoms with E-state index in [9.17, 15) is 14.7 Å². The molecule has 0 aliphatic carbocycles. The molecule has 34 heavy (non-hydrogen) atoms. The van der Waals surface area contributed by atoms with Crippen molar-refractivity contribution in [2.45, 2.75) is 59.1 Å². The largest absolute Gasteiger partial charge is 0.491 e. The molecular formula is C25H35N5O4. The van der Waals surface area contributed by atoms with Gasteiger partial charge in [-0.15, -0.1) is 0 Å². The van der Waals surface area contributed by atoms with E-state index in [2.05, 4.69) is 42.8 Å². The Hall–Kier alpha value is -3.07. The summed E-state index contributed by atoms with van der Waals surface area (Å²) in [7, 11) is 1.59. The van der Waals surface area contributed by atoms with Crippen molar-refractivity contribution in [1.82, 2.24) is 19.1 Å². The van der Waals surface area contributed by atoms with Crippen LogP contribution in [0.4, 0.5) is 5.95 Å².